The molecule has 0 atom stereocenters. The van der Waals surface area contributed by atoms with Crippen LogP contribution in [-0.4, -0.2) is 30.0 Å². The number of benzene rings is 1. The van der Waals surface area contributed by atoms with Gasteiger partial charge in [-0.15, -0.1) is 0 Å². The molecule has 0 aliphatic carbocycles. The highest BCUT2D eigenvalue weighted by atomic mass is 16.6. The standard InChI is InChI=1S/C15H18N4O2/c1-18(13-6-3-2-4-7-13)11-5-10-16-15-9-8-14(12-17-15)19(20)21/h2-4,6-9,12H,5,10-11H2,1H3,(H,16,17). The van der Waals surface area contributed by atoms with Crippen molar-refractivity contribution in [3.05, 3.63) is 58.8 Å². The van der Waals surface area contributed by atoms with Crippen LogP contribution in [0.15, 0.2) is 48.7 Å². The van der Waals surface area contributed by atoms with Crippen LogP contribution in [0.5, 0.6) is 0 Å². The van der Waals surface area contributed by atoms with E-state index in [0.29, 0.717) is 5.82 Å². The molecule has 0 radical (unpaired) electrons. The van der Waals surface area contributed by atoms with Crippen molar-refractivity contribution in [2.75, 3.05) is 30.4 Å². The van der Waals surface area contributed by atoms with E-state index in [1.54, 1.807) is 6.07 Å². The van der Waals surface area contributed by atoms with Crippen molar-refractivity contribution in [1.29, 1.82) is 0 Å². The fourth-order valence-corrected chi connectivity index (χ4v) is 1.94. The van der Waals surface area contributed by atoms with E-state index in [9.17, 15) is 10.1 Å². The van der Waals surface area contributed by atoms with E-state index in [4.69, 9.17) is 0 Å². The molecule has 21 heavy (non-hydrogen) atoms. The third-order valence-electron chi connectivity index (χ3n) is 3.13. The molecule has 0 bridgehead atoms. The summed E-state index contributed by atoms with van der Waals surface area (Å²) in [5.41, 5.74) is 1.19. The van der Waals surface area contributed by atoms with E-state index in [-0.39, 0.29) is 5.69 Å². The largest absolute Gasteiger partial charge is 0.375 e. The van der Waals surface area contributed by atoms with Gasteiger partial charge < -0.3 is 10.2 Å². The van der Waals surface area contributed by atoms with Crippen molar-refractivity contribution in [1.82, 2.24) is 4.98 Å². The molecule has 0 fully saturated rings. The second kappa shape index (κ2) is 7.23. The van der Waals surface area contributed by atoms with Gasteiger partial charge in [0.15, 0.2) is 0 Å². The van der Waals surface area contributed by atoms with Gasteiger partial charge in [-0.05, 0) is 24.6 Å². The molecule has 0 amide bonds. The van der Waals surface area contributed by atoms with E-state index in [0.717, 1.165) is 19.5 Å². The molecule has 0 saturated carbocycles. The van der Waals surface area contributed by atoms with Gasteiger partial charge in [0.05, 0.1) is 4.92 Å². The predicted molar refractivity (Wildman–Crippen MR) is 83.7 cm³/mol. The molecule has 2 rings (SSSR count). The maximum atomic E-state index is 10.5. The Morgan fingerprint density at radius 2 is 2.00 bits per heavy atom. The third kappa shape index (κ3) is 4.45. The Morgan fingerprint density at radius 1 is 1.24 bits per heavy atom. The first-order valence-corrected chi connectivity index (χ1v) is 6.77. The number of rotatable bonds is 7. The first-order chi connectivity index (χ1) is 10.2. The van der Waals surface area contributed by atoms with Crippen LogP contribution in [0.2, 0.25) is 0 Å². The van der Waals surface area contributed by atoms with Gasteiger partial charge in [-0.3, -0.25) is 10.1 Å². The fraction of sp³-hybridized carbons (Fsp3) is 0.267. The number of hydrogen-bond acceptors (Lipinski definition) is 5. The predicted octanol–water partition coefficient (Wildman–Crippen LogP) is 2.93. The quantitative estimate of drug-likeness (QED) is 0.481. The number of anilines is 2. The fourth-order valence-electron chi connectivity index (χ4n) is 1.94. The Bertz CT molecular complexity index is 572. The van der Waals surface area contributed by atoms with E-state index in [2.05, 4.69) is 34.4 Å². The second-order valence-corrected chi connectivity index (χ2v) is 4.70. The molecule has 110 valence electrons. The van der Waals surface area contributed by atoms with Gasteiger partial charge in [-0.25, -0.2) is 4.98 Å². The maximum Gasteiger partial charge on any atom is 0.287 e. The topological polar surface area (TPSA) is 71.3 Å². The van der Waals surface area contributed by atoms with E-state index in [1.807, 2.05) is 18.2 Å². The second-order valence-electron chi connectivity index (χ2n) is 4.70. The lowest BCUT2D eigenvalue weighted by atomic mass is 10.3. The Hall–Kier alpha value is -2.63. The number of pyridine rings is 1. The van der Waals surface area contributed by atoms with Gasteiger partial charge >= 0.3 is 0 Å². The molecule has 0 spiro atoms. The lowest BCUT2D eigenvalue weighted by Crippen LogP contribution is -2.20. The Labute approximate surface area is 123 Å². The molecule has 0 aliphatic rings. The maximum absolute atomic E-state index is 10.5. The molecule has 1 aromatic heterocycles. The van der Waals surface area contributed by atoms with E-state index < -0.39 is 4.92 Å². The van der Waals surface area contributed by atoms with Crippen molar-refractivity contribution in [3.8, 4) is 0 Å². The van der Waals surface area contributed by atoms with Crippen molar-refractivity contribution in [2.24, 2.45) is 0 Å². The molecule has 6 heteroatoms. The molecule has 1 aromatic carbocycles. The van der Waals surface area contributed by atoms with Crippen molar-refractivity contribution in [2.45, 2.75) is 6.42 Å². The van der Waals surface area contributed by atoms with Crippen molar-refractivity contribution < 1.29 is 4.92 Å². The lowest BCUT2D eigenvalue weighted by molar-refractivity contribution is -0.385. The van der Waals surface area contributed by atoms with Gasteiger partial charge in [0, 0.05) is 31.9 Å². The molecule has 0 saturated heterocycles. The number of aromatic nitrogens is 1. The van der Waals surface area contributed by atoms with Crippen LogP contribution in [0.3, 0.4) is 0 Å². The Morgan fingerprint density at radius 3 is 2.62 bits per heavy atom. The summed E-state index contributed by atoms with van der Waals surface area (Å²) in [7, 11) is 2.06. The molecule has 0 aliphatic heterocycles. The number of nitrogens with one attached hydrogen (secondary N) is 1. The zero-order valence-electron chi connectivity index (χ0n) is 11.9. The molecular weight excluding hydrogens is 268 g/mol. The van der Waals surface area contributed by atoms with Crippen molar-refractivity contribution in [3.63, 3.8) is 0 Å². The highest BCUT2D eigenvalue weighted by molar-refractivity contribution is 5.45. The first kappa shape index (κ1) is 14.8. The molecular formula is C15H18N4O2. The minimum absolute atomic E-state index is 0.00404. The van der Waals surface area contributed by atoms with Crippen LogP contribution < -0.4 is 10.2 Å². The Kier molecular flexibility index (Phi) is 5.09. The highest BCUT2D eigenvalue weighted by Gasteiger charge is 2.05. The summed E-state index contributed by atoms with van der Waals surface area (Å²) >= 11 is 0. The van der Waals surface area contributed by atoms with Crippen LogP contribution in [0.4, 0.5) is 17.2 Å². The Balaban J connectivity index is 1.73. The monoisotopic (exact) mass is 286 g/mol. The third-order valence-corrected chi connectivity index (χ3v) is 3.13. The summed E-state index contributed by atoms with van der Waals surface area (Å²) in [5.74, 6) is 0.656. The first-order valence-electron chi connectivity index (χ1n) is 6.77. The number of para-hydroxylation sites is 1. The number of nitrogens with zero attached hydrogens (tertiary/aromatic N) is 3. The van der Waals surface area contributed by atoms with E-state index in [1.165, 1.54) is 18.0 Å². The average molecular weight is 286 g/mol. The zero-order valence-corrected chi connectivity index (χ0v) is 11.9. The molecule has 2 aromatic rings. The highest BCUT2D eigenvalue weighted by Crippen LogP contribution is 2.13. The lowest BCUT2D eigenvalue weighted by Gasteiger charge is -2.19. The van der Waals surface area contributed by atoms with E-state index >= 15 is 0 Å². The summed E-state index contributed by atoms with van der Waals surface area (Å²) in [5, 5.41) is 13.7. The van der Waals surface area contributed by atoms with Crippen LogP contribution in [-0.2, 0) is 0 Å². The average Bonchev–Trinajstić information content (AvgIpc) is 2.52. The minimum atomic E-state index is -0.453. The molecule has 1 heterocycles. The van der Waals surface area contributed by atoms with Gasteiger partial charge in [-0.2, -0.15) is 0 Å². The summed E-state index contributed by atoms with van der Waals surface area (Å²) in [6.45, 7) is 1.69. The number of nitro groups is 1. The van der Waals surface area contributed by atoms with Crippen LogP contribution in [0.1, 0.15) is 6.42 Å². The molecule has 0 unspecified atom stereocenters. The van der Waals surface area contributed by atoms with Crippen LogP contribution in [0, 0.1) is 10.1 Å². The van der Waals surface area contributed by atoms with Crippen molar-refractivity contribution >= 4 is 17.2 Å². The van der Waals surface area contributed by atoms with Gasteiger partial charge in [0.2, 0.25) is 0 Å². The smallest absolute Gasteiger partial charge is 0.287 e. The zero-order chi connectivity index (χ0) is 15.1. The summed E-state index contributed by atoms with van der Waals surface area (Å²) < 4.78 is 0. The number of hydrogen-bond donors (Lipinski definition) is 1. The van der Waals surface area contributed by atoms with Gasteiger partial charge in [-0.1, -0.05) is 18.2 Å². The molecule has 1 N–H and O–H groups in total. The summed E-state index contributed by atoms with van der Waals surface area (Å²) in [6, 6.07) is 13.3. The van der Waals surface area contributed by atoms with Crippen LogP contribution >= 0.6 is 0 Å². The normalized spacial score (nSPS) is 10.1. The van der Waals surface area contributed by atoms with Crippen LogP contribution in [0.25, 0.3) is 0 Å². The minimum Gasteiger partial charge on any atom is -0.375 e. The summed E-state index contributed by atoms with van der Waals surface area (Å²) in [6.07, 6.45) is 2.21. The van der Waals surface area contributed by atoms with Gasteiger partial charge in [0.25, 0.3) is 5.69 Å². The molecule has 6 nitrogen and oxygen atoms in total. The summed E-state index contributed by atoms with van der Waals surface area (Å²) in [4.78, 5) is 16.3. The van der Waals surface area contributed by atoms with Gasteiger partial charge in [0.1, 0.15) is 12.0 Å². The SMILES string of the molecule is CN(CCCNc1ccc([N+](=O)[O-])cn1)c1ccccc1.